The Labute approximate surface area is 163 Å². The van der Waals surface area contributed by atoms with Gasteiger partial charge in [-0.1, -0.05) is 11.6 Å². The van der Waals surface area contributed by atoms with Gasteiger partial charge in [0.25, 0.3) is 0 Å². The van der Waals surface area contributed by atoms with Crippen molar-refractivity contribution >= 4 is 57.6 Å². The Kier molecular flexibility index (Phi) is 6.36. The van der Waals surface area contributed by atoms with Gasteiger partial charge in [0.2, 0.25) is 5.91 Å². The Balaban J connectivity index is 1.51. The van der Waals surface area contributed by atoms with Gasteiger partial charge >= 0.3 is 0 Å². The van der Waals surface area contributed by atoms with Crippen LogP contribution in [-0.4, -0.2) is 23.8 Å². The number of nitrogens with one attached hydrogen (secondary N) is 1. The smallest absolute Gasteiger partial charge is 0.234 e. The lowest BCUT2D eigenvalue weighted by Crippen LogP contribution is -2.14. The van der Waals surface area contributed by atoms with Crippen molar-refractivity contribution in [2.75, 3.05) is 18.2 Å². The van der Waals surface area contributed by atoms with Crippen molar-refractivity contribution in [2.24, 2.45) is 0 Å². The van der Waals surface area contributed by atoms with Crippen LogP contribution in [0.5, 0.6) is 5.75 Å². The van der Waals surface area contributed by atoms with Crippen molar-refractivity contribution in [3.05, 3.63) is 51.1 Å². The van der Waals surface area contributed by atoms with Gasteiger partial charge < -0.3 is 10.1 Å². The molecule has 3 rings (SSSR count). The zero-order valence-electron chi connectivity index (χ0n) is 13.3. The molecule has 0 aliphatic heterocycles. The SMILES string of the molecule is COc1ccc(Cl)cc1NC(=O)CSCc1csc(-c2ccsc2)n1. The molecule has 1 N–H and O–H groups in total. The monoisotopic (exact) mass is 410 g/mol. The predicted octanol–water partition coefficient (Wildman–Crippen LogP) is 5.41. The lowest BCUT2D eigenvalue weighted by molar-refractivity contribution is -0.113. The van der Waals surface area contributed by atoms with Gasteiger partial charge in [-0.25, -0.2) is 4.98 Å². The number of thiophene rings is 1. The van der Waals surface area contributed by atoms with Crippen molar-refractivity contribution < 1.29 is 9.53 Å². The second-order valence-corrected chi connectivity index (χ2v) is 8.10. The Hall–Kier alpha value is -1.54. The molecule has 2 heterocycles. The third kappa shape index (κ3) is 4.98. The normalized spacial score (nSPS) is 10.6. The molecule has 0 saturated heterocycles. The van der Waals surface area contributed by atoms with Crippen LogP contribution in [0.15, 0.2) is 40.4 Å². The molecule has 0 unspecified atom stereocenters. The van der Waals surface area contributed by atoms with Crippen LogP contribution in [0.2, 0.25) is 5.02 Å². The second-order valence-electron chi connectivity index (χ2n) is 5.04. The maximum absolute atomic E-state index is 12.1. The van der Waals surface area contributed by atoms with Crippen molar-refractivity contribution in [1.29, 1.82) is 0 Å². The maximum atomic E-state index is 12.1. The number of thiazole rings is 1. The largest absolute Gasteiger partial charge is 0.495 e. The van der Waals surface area contributed by atoms with Crippen LogP contribution in [0.25, 0.3) is 10.6 Å². The fraction of sp³-hybridized carbons (Fsp3) is 0.176. The zero-order chi connectivity index (χ0) is 17.6. The molecule has 0 aliphatic rings. The molecule has 0 spiro atoms. The van der Waals surface area contributed by atoms with Crippen molar-refractivity contribution in [3.8, 4) is 16.3 Å². The van der Waals surface area contributed by atoms with Gasteiger partial charge in [-0.3, -0.25) is 4.79 Å². The number of rotatable bonds is 7. The van der Waals surface area contributed by atoms with Crippen LogP contribution >= 0.6 is 46.0 Å². The van der Waals surface area contributed by atoms with Crippen LogP contribution in [0.3, 0.4) is 0 Å². The molecule has 0 aliphatic carbocycles. The molecule has 0 bridgehead atoms. The molecule has 130 valence electrons. The first kappa shape index (κ1) is 18.3. The number of hydrogen-bond acceptors (Lipinski definition) is 6. The van der Waals surface area contributed by atoms with Crippen molar-refractivity contribution in [2.45, 2.75) is 5.75 Å². The van der Waals surface area contributed by atoms with E-state index in [1.165, 1.54) is 11.8 Å². The van der Waals surface area contributed by atoms with Gasteiger partial charge in [-0.15, -0.1) is 23.1 Å². The molecule has 1 amide bonds. The molecular weight excluding hydrogens is 396 g/mol. The highest BCUT2D eigenvalue weighted by Gasteiger charge is 2.10. The minimum Gasteiger partial charge on any atom is -0.495 e. The van der Waals surface area contributed by atoms with Gasteiger partial charge in [-0.2, -0.15) is 11.3 Å². The first-order valence-corrected chi connectivity index (χ1v) is 10.7. The number of aromatic nitrogens is 1. The molecule has 2 aromatic heterocycles. The second kappa shape index (κ2) is 8.71. The number of carbonyl (C=O) groups excluding carboxylic acids is 1. The standard InChI is InChI=1S/C17H15ClN2O2S3/c1-22-15-3-2-12(18)6-14(15)20-16(21)10-24-8-13-9-25-17(19-13)11-4-5-23-7-11/h2-7,9H,8,10H2,1H3,(H,20,21). The van der Waals surface area contributed by atoms with Crippen LogP contribution in [0, 0.1) is 0 Å². The summed E-state index contributed by atoms with van der Waals surface area (Å²) < 4.78 is 5.23. The van der Waals surface area contributed by atoms with Crippen molar-refractivity contribution in [3.63, 3.8) is 0 Å². The highest BCUT2D eigenvalue weighted by molar-refractivity contribution is 7.99. The highest BCUT2D eigenvalue weighted by atomic mass is 35.5. The molecule has 0 radical (unpaired) electrons. The van der Waals surface area contributed by atoms with E-state index in [9.17, 15) is 4.79 Å². The minimum atomic E-state index is -0.0983. The van der Waals surface area contributed by atoms with E-state index in [4.69, 9.17) is 16.3 Å². The first-order chi connectivity index (χ1) is 12.2. The molecular formula is C17H15ClN2O2S3. The molecule has 4 nitrogen and oxygen atoms in total. The summed E-state index contributed by atoms with van der Waals surface area (Å²) in [5.74, 6) is 1.52. The van der Waals surface area contributed by atoms with E-state index in [0.717, 1.165) is 16.3 Å². The summed E-state index contributed by atoms with van der Waals surface area (Å²) in [6, 6.07) is 7.19. The van der Waals surface area contributed by atoms with E-state index in [1.807, 2.05) is 10.8 Å². The average molecular weight is 411 g/mol. The maximum Gasteiger partial charge on any atom is 0.234 e. The summed E-state index contributed by atoms with van der Waals surface area (Å²) in [5, 5.41) is 10.6. The number of halogens is 1. The quantitative estimate of drug-likeness (QED) is 0.566. The number of benzene rings is 1. The fourth-order valence-corrected chi connectivity index (χ4v) is 4.63. The summed E-state index contributed by atoms with van der Waals surface area (Å²) in [4.78, 5) is 16.7. The van der Waals surface area contributed by atoms with E-state index in [-0.39, 0.29) is 5.91 Å². The third-order valence-corrected chi connectivity index (χ3v) is 6.06. The van der Waals surface area contributed by atoms with Crippen LogP contribution < -0.4 is 10.1 Å². The lowest BCUT2D eigenvalue weighted by atomic mass is 10.3. The lowest BCUT2D eigenvalue weighted by Gasteiger charge is -2.10. The number of nitrogens with zero attached hydrogens (tertiary/aromatic N) is 1. The summed E-state index contributed by atoms with van der Waals surface area (Å²) in [6.45, 7) is 0. The number of amides is 1. The molecule has 8 heteroatoms. The summed E-state index contributed by atoms with van der Waals surface area (Å²) in [7, 11) is 1.56. The zero-order valence-corrected chi connectivity index (χ0v) is 16.5. The van der Waals surface area contributed by atoms with Gasteiger partial charge in [0.05, 0.1) is 24.2 Å². The molecule has 25 heavy (non-hydrogen) atoms. The topological polar surface area (TPSA) is 51.2 Å². The Bertz CT molecular complexity index is 849. The van der Waals surface area contributed by atoms with E-state index < -0.39 is 0 Å². The molecule has 3 aromatic rings. The number of carbonyl (C=O) groups is 1. The van der Waals surface area contributed by atoms with Gasteiger partial charge in [0.1, 0.15) is 10.8 Å². The first-order valence-electron chi connectivity index (χ1n) is 7.34. The van der Waals surface area contributed by atoms with Gasteiger partial charge in [0, 0.05) is 27.1 Å². The summed E-state index contributed by atoms with van der Waals surface area (Å²) >= 11 is 10.8. The molecule has 0 saturated carbocycles. The number of thioether (sulfide) groups is 1. The highest BCUT2D eigenvalue weighted by Crippen LogP contribution is 2.29. The number of methoxy groups -OCH3 is 1. The Morgan fingerprint density at radius 1 is 1.36 bits per heavy atom. The third-order valence-electron chi connectivity index (χ3n) is 3.24. The predicted molar refractivity (Wildman–Crippen MR) is 108 cm³/mol. The average Bonchev–Trinajstić information content (AvgIpc) is 3.26. The number of hydrogen-bond donors (Lipinski definition) is 1. The minimum absolute atomic E-state index is 0.0983. The summed E-state index contributed by atoms with van der Waals surface area (Å²) in [6.07, 6.45) is 0. The van der Waals surface area contributed by atoms with Crippen molar-refractivity contribution in [1.82, 2.24) is 4.98 Å². The van der Waals surface area contributed by atoms with Crippen LogP contribution in [0.4, 0.5) is 5.69 Å². The summed E-state index contributed by atoms with van der Waals surface area (Å²) in [5.41, 5.74) is 2.72. The van der Waals surface area contributed by atoms with E-state index in [1.54, 1.807) is 48.0 Å². The molecule has 0 atom stereocenters. The van der Waals surface area contributed by atoms with Crippen LogP contribution in [-0.2, 0) is 10.5 Å². The Morgan fingerprint density at radius 2 is 2.24 bits per heavy atom. The number of ether oxygens (including phenoxy) is 1. The molecule has 1 aromatic carbocycles. The van der Waals surface area contributed by atoms with Gasteiger partial charge in [-0.05, 0) is 29.6 Å². The van der Waals surface area contributed by atoms with E-state index in [2.05, 4.69) is 21.7 Å². The van der Waals surface area contributed by atoms with Crippen LogP contribution in [0.1, 0.15) is 5.69 Å². The molecule has 0 fully saturated rings. The van der Waals surface area contributed by atoms with E-state index >= 15 is 0 Å². The van der Waals surface area contributed by atoms with Gasteiger partial charge in [0.15, 0.2) is 0 Å². The Morgan fingerprint density at radius 3 is 3.00 bits per heavy atom. The van der Waals surface area contributed by atoms with E-state index in [0.29, 0.717) is 28.0 Å². The fourth-order valence-electron chi connectivity index (χ4n) is 2.10. The number of anilines is 1.